The summed E-state index contributed by atoms with van der Waals surface area (Å²) in [6.07, 6.45) is 4.23. The molecule has 20 heavy (non-hydrogen) atoms. The van der Waals surface area contributed by atoms with Gasteiger partial charge >= 0.3 is 0 Å². The summed E-state index contributed by atoms with van der Waals surface area (Å²) in [5.41, 5.74) is 7.34. The summed E-state index contributed by atoms with van der Waals surface area (Å²) in [5.74, 6) is 0.639. The number of hydrogen-bond acceptors (Lipinski definition) is 3. The van der Waals surface area contributed by atoms with Crippen molar-refractivity contribution in [2.45, 2.75) is 31.8 Å². The first kappa shape index (κ1) is 13.5. The Morgan fingerprint density at radius 2 is 2.05 bits per heavy atom. The molecule has 0 aromatic carbocycles. The maximum absolute atomic E-state index is 12.8. The lowest BCUT2D eigenvalue weighted by Crippen LogP contribution is -2.36. The van der Waals surface area contributed by atoms with Crippen molar-refractivity contribution in [1.82, 2.24) is 14.4 Å². The van der Waals surface area contributed by atoms with Crippen LogP contribution in [0.5, 0.6) is 0 Å². The fourth-order valence-electron chi connectivity index (χ4n) is 3.28. The second kappa shape index (κ2) is 4.81. The van der Waals surface area contributed by atoms with Crippen LogP contribution in [0, 0.1) is 5.92 Å². The molecular weight excluding hydrogens is 252 g/mol. The summed E-state index contributed by atoms with van der Waals surface area (Å²) in [7, 11) is 4.17. The Hall–Kier alpha value is -1.49. The molecule has 1 aromatic rings. The van der Waals surface area contributed by atoms with Crippen molar-refractivity contribution in [2.75, 3.05) is 32.9 Å². The predicted octanol–water partition coefficient (Wildman–Crippen LogP) is 1.43. The fourth-order valence-corrected chi connectivity index (χ4v) is 3.28. The summed E-state index contributed by atoms with van der Waals surface area (Å²) in [6, 6.07) is 2.76. The summed E-state index contributed by atoms with van der Waals surface area (Å²) in [5, 5.41) is 0. The van der Waals surface area contributed by atoms with Gasteiger partial charge in [-0.3, -0.25) is 4.79 Å². The zero-order valence-electron chi connectivity index (χ0n) is 12.5. The van der Waals surface area contributed by atoms with E-state index in [2.05, 4.69) is 30.5 Å². The van der Waals surface area contributed by atoms with E-state index in [-0.39, 0.29) is 5.91 Å². The number of nitrogens with zero attached hydrogens (tertiary/aromatic N) is 3. The lowest BCUT2D eigenvalue weighted by Gasteiger charge is -2.22. The Kier molecular flexibility index (Phi) is 3.24. The topological polar surface area (TPSA) is 54.5 Å². The number of rotatable bonds is 3. The minimum atomic E-state index is 0.129. The predicted molar refractivity (Wildman–Crippen MR) is 79.7 cm³/mol. The van der Waals surface area contributed by atoms with Gasteiger partial charge in [0.1, 0.15) is 5.69 Å². The van der Waals surface area contributed by atoms with Gasteiger partial charge in [0.2, 0.25) is 0 Å². The van der Waals surface area contributed by atoms with Crippen LogP contribution < -0.4 is 5.73 Å². The standard InChI is InChI=1S/C15H24N4O/c1-10-7-18(9-14(10)17(2)3)15(20)13-6-11(16)8-19(13)12-4-5-12/h6,8,10,12,14H,4-5,7,9,16H2,1-3H3. The van der Waals surface area contributed by atoms with E-state index in [0.29, 0.717) is 23.7 Å². The summed E-state index contributed by atoms with van der Waals surface area (Å²) in [4.78, 5) is 16.9. The molecule has 0 radical (unpaired) electrons. The van der Waals surface area contributed by atoms with Crippen LogP contribution in [0.1, 0.15) is 36.3 Å². The molecule has 3 rings (SSSR count). The molecule has 2 heterocycles. The van der Waals surface area contributed by atoms with Crippen LogP contribution in [-0.2, 0) is 0 Å². The van der Waals surface area contributed by atoms with E-state index >= 15 is 0 Å². The Morgan fingerprint density at radius 1 is 1.35 bits per heavy atom. The number of amides is 1. The molecular formula is C15H24N4O. The van der Waals surface area contributed by atoms with Crippen LogP contribution in [-0.4, -0.2) is 53.5 Å². The van der Waals surface area contributed by atoms with Crippen molar-refractivity contribution in [1.29, 1.82) is 0 Å². The molecule has 1 saturated carbocycles. The smallest absolute Gasteiger partial charge is 0.270 e. The third-order valence-corrected chi connectivity index (χ3v) is 4.55. The van der Waals surface area contributed by atoms with E-state index in [1.807, 2.05) is 17.2 Å². The Balaban J connectivity index is 1.80. The van der Waals surface area contributed by atoms with Gasteiger partial charge in [0, 0.05) is 31.4 Å². The van der Waals surface area contributed by atoms with Crippen LogP contribution in [0.2, 0.25) is 0 Å². The third-order valence-electron chi connectivity index (χ3n) is 4.55. The highest BCUT2D eigenvalue weighted by Gasteiger charge is 2.36. The number of hydrogen-bond donors (Lipinski definition) is 1. The van der Waals surface area contributed by atoms with Crippen LogP contribution in [0.15, 0.2) is 12.3 Å². The van der Waals surface area contributed by atoms with Crippen molar-refractivity contribution in [3.63, 3.8) is 0 Å². The Labute approximate surface area is 120 Å². The second-order valence-corrected chi connectivity index (χ2v) is 6.52. The molecule has 1 aromatic heterocycles. The summed E-state index contributed by atoms with van der Waals surface area (Å²) < 4.78 is 2.07. The van der Waals surface area contributed by atoms with E-state index in [1.165, 1.54) is 0 Å². The van der Waals surface area contributed by atoms with E-state index in [4.69, 9.17) is 5.73 Å². The molecule has 2 atom stereocenters. The first-order chi connectivity index (χ1) is 9.47. The molecule has 110 valence electrons. The van der Waals surface area contributed by atoms with Gasteiger partial charge in [0.05, 0.1) is 5.69 Å². The number of carbonyl (C=O) groups excluding carboxylic acids is 1. The molecule has 0 spiro atoms. The molecule has 0 bridgehead atoms. The van der Waals surface area contributed by atoms with Gasteiger partial charge in [-0.15, -0.1) is 0 Å². The maximum Gasteiger partial charge on any atom is 0.270 e. The number of likely N-dealkylation sites (N-methyl/N-ethyl adjacent to an activating group) is 1. The van der Waals surface area contributed by atoms with Gasteiger partial charge in [0.15, 0.2) is 0 Å². The van der Waals surface area contributed by atoms with Gasteiger partial charge in [0.25, 0.3) is 5.91 Å². The number of anilines is 1. The SMILES string of the molecule is CC1CN(C(=O)c2cc(N)cn2C2CC2)CC1N(C)C. The zero-order valence-corrected chi connectivity index (χ0v) is 12.5. The van der Waals surface area contributed by atoms with E-state index in [1.54, 1.807) is 0 Å². The van der Waals surface area contributed by atoms with Crippen molar-refractivity contribution < 1.29 is 4.79 Å². The largest absolute Gasteiger partial charge is 0.397 e. The minimum Gasteiger partial charge on any atom is -0.397 e. The summed E-state index contributed by atoms with van der Waals surface area (Å²) >= 11 is 0. The minimum absolute atomic E-state index is 0.129. The summed E-state index contributed by atoms with van der Waals surface area (Å²) in [6.45, 7) is 3.85. The quantitative estimate of drug-likeness (QED) is 0.908. The van der Waals surface area contributed by atoms with Crippen molar-refractivity contribution >= 4 is 11.6 Å². The van der Waals surface area contributed by atoms with Crippen molar-refractivity contribution in [3.8, 4) is 0 Å². The molecule has 5 heteroatoms. The first-order valence-corrected chi connectivity index (χ1v) is 7.40. The lowest BCUT2D eigenvalue weighted by atomic mass is 10.1. The molecule has 1 aliphatic heterocycles. The number of carbonyl (C=O) groups is 1. The van der Waals surface area contributed by atoms with Gasteiger partial charge < -0.3 is 20.1 Å². The van der Waals surface area contributed by atoms with Crippen molar-refractivity contribution in [2.24, 2.45) is 5.92 Å². The monoisotopic (exact) mass is 276 g/mol. The van der Waals surface area contributed by atoms with Crippen molar-refractivity contribution in [3.05, 3.63) is 18.0 Å². The van der Waals surface area contributed by atoms with Gasteiger partial charge in [-0.2, -0.15) is 0 Å². The number of nitrogens with two attached hydrogens (primary N) is 1. The molecule has 2 N–H and O–H groups in total. The zero-order chi connectivity index (χ0) is 14.4. The second-order valence-electron chi connectivity index (χ2n) is 6.52. The molecule has 2 unspecified atom stereocenters. The van der Waals surface area contributed by atoms with E-state index in [9.17, 15) is 4.79 Å². The van der Waals surface area contributed by atoms with Crippen LogP contribution >= 0.6 is 0 Å². The fraction of sp³-hybridized carbons (Fsp3) is 0.667. The highest BCUT2D eigenvalue weighted by molar-refractivity contribution is 5.94. The number of nitrogen functional groups attached to an aromatic ring is 1. The Morgan fingerprint density at radius 3 is 2.60 bits per heavy atom. The van der Waals surface area contributed by atoms with E-state index in [0.717, 1.165) is 31.6 Å². The van der Waals surface area contributed by atoms with Gasteiger partial charge in [-0.1, -0.05) is 6.92 Å². The third kappa shape index (κ3) is 2.30. The van der Waals surface area contributed by atoms with Crippen LogP contribution in [0.25, 0.3) is 0 Å². The lowest BCUT2D eigenvalue weighted by molar-refractivity contribution is 0.0770. The average molecular weight is 276 g/mol. The normalized spacial score (nSPS) is 26.5. The number of likely N-dealkylation sites (tertiary alicyclic amines) is 1. The van der Waals surface area contributed by atoms with Gasteiger partial charge in [-0.25, -0.2) is 0 Å². The van der Waals surface area contributed by atoms with Crippen LogP contribution in [0.4, 0.5) is 5.69 Å². The van der Waals surface area contributed by atoms with Gasteiger partial charge in [-0.05, 0) is 38.9 Å². The molecule has 2 fully saturated rings. The first-order valence-electron chi connectivity index (χ1n) is 7.40. The maximum atomic E-state index is 12.8. The average Bonchev–Trinajstić information content (AvgIpc) is 3.05. The molecule has 1 aliphatic carbocycles. The molecule has 1 saturated heterocycles. The van der Waals surface area contributed by atoms with Crippen LogP contribution in [0.3, 0.4) is 0 Å². The highest BCUT2D eigenvalue weighted by atomic mass is 16.2. The van der Waals surface area contributed by atoms with E-state index < -0.39 is 0 Å². The molecule has 1 amide bonds. The molecule has 5 nitrogen and oxygen atoms in total. The number of aromatic nitrogens is 1. The highest BCUT2D eigenvalue weighted by Crippen LogP contribution is 2.37. The molecule has 2 aliphatic rings. The Bertz CT molecular complexity index is 518.